The van der Waals surface area contributed by atoms with E-state index in [1.165, 1.54) is 0 Å². The molecule has 72 valence electrons. The second-order valence-electron chi connectivity index (χ2n) is 2.82. The van der Waals surface area contributed by atoms with E-state index in [-0.39, 0.29) is 0 Å². The summed E-state index contributed by atoms with van der Waals surface area (Å²) >= 11 is 3.34. The van der Waals surface area contributed by atoms with Gasteiger partial charge in [0.2, 0.25) is 0 Å². The van der Waals surface area contributed by atoms with Gasteiger partial charge in [-0.15, -0.1) is 0 Å². The Morgan fingerprint density at radius 2 is 2.23 bits per heavy atom. The molecule has 13 heavy (non-hydrogen) atoms. The van der Waals surface area contributed by atoms with Gasteiger partial charge in [-0.3, -0.25) is 0 Å². The lowest BCUT2D eigenvalue weighted by atomic mass is 10.3. The molecule has 1 atom stereocenters. The molecule has 0 amide bonds. The molecule has 0 aliphatic heterocycles. The van der Waals surface area contributed by atoms with Gasteiger partial charge in [0.05, 0.1) is 5.69 Å². The molecule has 0 saturated heterocycles. The van der Waals surface area contributed by atoms with E-state index in [4.69, 9.17) is 0 Å². The Morgan fingerprint density at radius 1 is 1.54 bits per heavy atom. The summed E-state index contributed by atoms with van der Waals surface area (Å²) < 4.78 is 16.8. The molecule has 1 rings (SSSR count). The Balaban J connectivity index is 3.12. The molecule has 0 aliphatic carbocycles. The average molecular weight is 262 g/mol. The predicted octanol–water partition coefficient (Wildman–Crippen LogP) is 3.20. The zero-order valence-corrected chi connectivity index (χ0v) is 10.1. The lowest BCUT2D eigenvalue weighted by Gasteiger charge is -1.99. The van der Waals surface area contributed by atoms with E-state index in [2.05, 4.69) is 20.3 Å². The van der Waals surface area contributed by atoms with Crippen molar-refractivity contribution in [3.63, 3.8) is 0 Å². The van der Waals surface area contributed by atoms with Gasteiger partial charge in [0, 0.05) is 26.2 Å². The maximum Gasteiger partial charge on any atom is 0.0741 e. The monoisotopic (exact) mass is 261 g/mol. The summed E-state index contributed by atoms with van der Waals surface area (Å²) in [6.45, 7) is 1.88. The Kier molecular flexibility index (Phi) is 3.50. The van der Waals surface area contributed by atoms with E-state index < -0.39 is 9.73 Å². The second kappa shape index (κ2) is 4.24. The van der Waals surface area contributed by atoms with Crippen molar-refractivity contribution in [1.29, 1.82) is 0 Å². The van der Waals surface area contributed by atoms with Crippen LogP contribution in [0.2, 0.25) is 0 Å². The molecule has 0 N–H and O–H groups in total. The van der Waals surface area contributed by atoms with Crippen molar-refractivity contribution in [3.8, 4) is 0 Å². The van der Waals surface area contributed by atoms with Crippen LogP contribution in [-0.2, 0) is 9.73 Å². The fourth-order valence-corrected chi connectivity index (χ4v) is 1.90. The van der Waals surface area contributed by atoms with Gasteiger partial charge in [-0.1, -0.05) is 28.9 Å². The molecule has 1 aromatic carbocycles. The minimum absolute atomic E-state index is 0.583. The smallest absolute Gasteiger partial charge is 0.0741 e. The molecule has 0 unspecified atom stereocenters. The molecule has 2 nitrogen and oxygen atoms in total. The third-order valence-corrected chi connectivity index (χ3v) is 3.80. The van der Waals surface area contributed by atoms with Crippen LogP contribution in [-0.4, -0.2) is 16.2 Å². The van der Waals surface area contributed by atoms with E-state index >= 15 is 0 Å². The van der Waals surface area contributed by atoms with Crippen LogP contribution in [0, 0.1) is 0 Å². The standard InChI is InChI=1S/C9H12BrNOS/c1-3-13(2,12)11-9-6-4-5-8(10)7-9/h4-7H,3H2,1-2H3/t13-/m0/s1. The van der Waals surface area contributed by atoms with Crippen molar-refractivity contribution in [2.24, 2.45) is 4.36 Å². The predicted molar refractivity (Wildman–Crippen MR) is 60.8 cm³/mol. The van der Waals surface area contributed by atoms with Crippen molar-refractivity contribution < 1.29 is 4.21 Å². The van der Waals surface area contributed by atoms with Crippen molar-refractivity contribution in [2.75, 3.05) is 12.0 Å². The zero-order valence-electron chi connectivity index (χ0n) is 7.66. The van der Waals surface area contributed by atoms with E-state index in [9.17, 15) is 4.21 Å². The quantitative estimate of drug-likeness (QED) is 0.804. The Hall–Kier alpha value is -0.350. The molecule has 0 radical (unpaired) electrons. The van der Waals surface area contributed by atoms with Gasteiger partial charge in [-0.25, -0.2) is 4.21 Å². The zero-order chi connectivity index (χ0) is 9.90. The molecule has 0 aliphatic rings. The van der Waals surface area contributed by atoms with Crippen LogP contribution in [0.1, 0.15) is 6.92 Å². The van der Waals surface area contributed by atoms with Gasteiger partial charge in [-0.2, -0.15) is 4.36 Å². The number of benzene rings is 1. The fourth-order valence-electron chi connectivity index (χ4n) is 0.820. The van der Waals surface area contributed by atoms with Gasteiger partial charge < -0.3 is 0 Å². The van der Waals surface area contributed by atoms with E-state index in [1.807, 2.05) is 31.2 Å². The van der Waals surface area contributed by atoms with Crippen molar-refractivity contribution in [2.45, 2.75) is 6.92 Å². The summed E-state index contributed by atoms with van der Waals surface area (Å²) in [6.07, 6.45) is 1.67. The minimum atomic E-state index is -2.04. The molecule has 0 saturated carbocycles. The van der Waals surface area contributed by atoms with Crippen molar-refractivity contribution in [1.82, 2.24) is 0 Å². The highest BCUT2D eigenvalue weighted by Gasteiger charge is 1.97. The summed E-state index contributed by atoms with van der Waals surface area (Å²) in [5.41, 5.74) is 0.767. The first-order valence-electron chi connectivity index (χ1n) is 3.99. The summed E-state index contributed by atoms with van der Waals surface area (Å²) in [7, 11) is -2.04. The Bertz CT molecular complexity index is 408. The van der Waals surface area contributed by atoms with Crippen LogP contribution in [0.4, 0.5) is 5.69 Å². The Morgan fingerprint density at radius 3 is 2.77 bits per heavy atom. The molecule has 0 aromatic heterocycles. The van der Waals surface area contributed by atoms with E-state index in [0.717, 1.165) is 10.2 Å². The molecular weight excluding hydrogens is 250 g/mol. The average Bonchev–Trinajstić information content (AvgIpc) is 2.03. The van der Waals surface area contributed by atoms with Crippen LogP contribution >= 0.6 is 15.9 Å². The topological polar surface area (TPSA) is 29.4 Å². The fraction of sp³-hybridized carbons (Fsp3) is 0.333. The largest absolute Gasteiger partial charge is 0.250 e. The van der Waals surface area contributed by atoms with Gasteiger partial charge in [0.15, 0.2) is 0 Å². The molecule has 0 fully saturated rings. The van der Waals surface area contributed by atoms with E-state index in [0.29, 0.717) is 5.75 Å². The molecule has 0 bridgehead atoms. The maximum absolute atomic E-state index is 11.7. The van der Waals surface area contributed by atoms with Crippen molar-refractivity contribution >= 4 is 31.3 Å². The number of rotatable bonds is 2. The van der Waals surface area contributed by atoms with Crippen LogP contribution < -0.4 is 0 Å². The van der Waals surface area contributed by atoms with Gasteiger partial charge in [0.25, 0.3) is 0 Å². The molecular formula is C9H12BrNOS. The number of nitrogens with zero attached hydrogens (tertiary/aromatic N) is 1. The molecule has 0 heterocycles. The van der Waals surface area contributed by atoms with Crippen LogP contribution in [0.15, 0.2) is 33.1 Å². The highest BCUT2D eigenvalue weighted by Crippen LogP contribution is 2.19. The first kappa shape index (κ1) is 10.7. The van der Waals surface area contributed by atoms with Crippen LogP contribution in [0.3, 0.4) is 0 Å². The minimum Gasteiger partial charge on any atom is -0.250 e. The number of hydrogen-bond donors (Lipinski definition) is 0. The number of hydrogen-bond acceptors (Lipinski definition) is 2. The molecule has 0 spiro atoms. The summed E-state index contributed by atoms with van der Waals surface area (Å²) in [6, 6.07) is 7.51. The van der Waals surface area contributed by atoms with Crippen molar-refractivity contribution in [3.05, 3.63) is 28.7 Å². The lowest BCUT2D eigenvalue weighted by molar-refractivity contribution is 0.681. The SMILES string of the molecule is CC[S@](C)(=O)=Nc1cccc(Br)c1. The summed E-state index contributed by atoms with van der Waals surface area (Å²) in [4.78, 5) is 0. The lowest BCUT2D eigenvalue weighted by Crippen LogP contribution is -1.97. The van der Waals surface area contributed by atoms with Gasteiger partial charge >= 0.3 is 0 Å². The second-order valence-corrected chi connectivity index (χ2v) is 6.41. The first-order valence-corrected chi connectivity index (χ1v) is 6.87. The third-order valence-electron chi connectivity index (χ3n) is 1.64. The van der Waals surface area contributed by atoms with Gasteiger partial charge in [0.1, 0.15) is 0 Å². The first-order chi connectivity index (χ1) is 6.03. The van der Waals surface area contributed by atoms with Crippen LogP contribution in [0.5, 0.6) is 0 Å². The Labute approximate surface area is 87.7 Å². The highest BCUT2D eigenvalue weighted by molar-refractivity contribution is 9.10. The summed E-state index contributed by atoms with van der Waals surface area (Å²) in [5.74, 6) is 0.583. The van der Waals surface area contributed by atoms with Crippen LogP contribution in [0.25, 0.3) is 0 Å². The molecule has 4 heteroatoms. The van der Waals surface area contributed by atoms with E-state index in [1.54, 1.807) is 6.26 Å². The number of halogens is 1. The molecule has 1 aromatic rings. The maximum atomic E-state index is 11.7. The highest BCUT2D eigenvalue weighted by atomic mass is 79.9. The summed E-state index contributed by atoms with van der Waals surface area (Å²) in [5, 5.41) is 0. The van der Waals surface area contributed by atoms with Gasteiger partial charge in [-0.05, 0) is 18.2 Å². The normalized spacial score (nSPS) is 15.0. The third kappa shape index (κ3) is 3.48.